The van der Waals surface area contributed by atoms with Crippen LogP contribution in [0, 0.1) is 0 Å². The van der Waals surface area contributed by atoms with E-state index in [1.165, 1.54) is 0 Å². The van der Waals surface area contributed by atoms with Crippen LogP contribution in [0.5, 0.6) is 0 Å². The first kappa shape index (κ1) is 10.9. The van der Waals surface area contributed by atoms with Crippen molar-refractivity contribution in [2.75, 3.05) is 12.3 Å². The highest BCUT2D eigenvalue weighted by molar-refractivity contribution is 7.89. The van der Waals surface area contributed by atoms with E-state index in [0.29, 0.717) is 0 Å². The topological polar surface area (TPSA) is 130 Å². The molecule has 1 aromatic heterocycles. The summed E-state index contributed by atoms with van der Waals surface area (Å²) in [6.07, 6.45) is 1.26. The van der Waals surface area contributed by atoms with Gasteiger partial charge in [0.1, 0.15) is 10.7 Å². The van der Waals surface area contributed by atoms with Crippen molar-refractivity contribution in [2.24, 2.45) is 0 Å². The number of nitrogen functional groups attached to an aromatic ring is 1. The van der Waals surface area contributed by atoms with E-state index in [4.69, 9.17) is 5.73 Å². The Kier molecular flexibility index (Phi) is 2.56. The van der Waals surface area contributed by atoms with Crippen LogP contribution in [-0.4, -0.2) is 37.1 Å². The van der Waals surface area contributed by atoms with Crippen molar-refractivity contribution in [3.05, 3.63) is 6.20 Å². The first-order chi connectivity index (χ1) is 7.49. The molecule has 1 fully saturated rings. The highest BCUT2D eigenvalue weighted by Crippen LogP contribution is 2.15. The summed E-state index contributed by atoms with van der Waals surface area (Å²) in [6.45, 7) is 0.288. The van der Waals surface area contributed by atoms with Gasteiger partial charge in [0.2, 0.25) is 15.9 Å². The fraction of sp³-hybridized carbons (Fsp3) is 0.429. The largest absolute Gasteiger partial charge is 0.383 e. The Labute approximate surface area is 91.6 Å². The Morgan fingerprint density at radius 3 is 2.81 bits per heavy atom. The molecule has 0 aromatic carbocycles. The number of anilines is 1. The molecule has 8 nitrogen and oxygen atoms in total. The van der Waals surface area contributed by atoms with Crippen molar-refractivity contribution in [1.82, 2.24) is 20.2 Å². The maximum Gasteiger partial charge on any atom is 0.246 e. The monoisotopic (exact) mass is 245 g/mol. The van der Waals surface area contributed by atoms with Gasteiger partial charge in [0.05, 0.1) is 6.20 Å². The fourth-order valence-corrected chi connectivity index (χ4v) is 2.73. The highest BCUT2D eigenvalue weighted by Gasteiger charge is 2.28. The van der Waals surface area contributed by atoms with Gasteiger partial charge in [0.25, 0.3) is 0 Å². The first-order valence-corrected chi connectivity index (χ1v) is 6.05. The van der Waals surface area contributed by atoms with Crippen LogP contribution in [0.15, 0.2) is 11.1 Å². The van der Waals surface area contributed by atoms with Gasteiger partial charge >= 0.3 is 0 Å². The Morgan fingerprint density at radius 1 is 1.56 bits per heavy atom. The van der Waals surface area contributed by atoms with Crippen LogP contribution in [0.2, 0.25) is 0 Å². The van der Waals surface area contributed by atoms with Gasteiger partial charge in [0.15, 0.2) is 0 Å². The lowest BCUT2D eigenvalue weighted by Crippen LogP contribution is -2.36. The number of amides is 1. The van der Waals surface area contributed by atoms with Gasteiger partial charge < -0.3 is 11.1 Å². The summed E-state index contributed by atoms with van der Waals surface area (Å²) in [7, 11) is -3.72. The average molecular weight is 245 g/mol. The molecule has 88 valence electrons. The van der Waals surface area contributed by atoms with Crippen molar-refractivity contribution in [3.8, 4) is 0 Å². The number of hydrogen-bond donors (Lipinski definition) is 4. The van der Waals surface area contributed by atoms with Crippen LogP contribution >= 0.6 is 0 Å². The van der Waals surface area contributed by atoms with E-state index in [1.54, 1.807) is 0 Å². The first-order valence-electron chi connectivity index (χ1n) is 4.57. The molecule has 1 saturated heterocycles. The molecule has 2 rings (SSSR count). The zero-order valence-corrected chi connectivity index (χ0v) is 9.04. The fourth-order valence-electron chi connectivity index (χ4n) is 1.47. The molecule has 1 aromatic rings. The molecule has 9 heteroatoms. The summed E-state index contributed by atoms with van der Waals surface area (Å²) >= 11 is 0. The number of carbonyl (C=O) groups excluding carboxylic acids is 1. The van der Waals surface area contributed by atoms with E-state index in [-0.39, 0.29) is 29.6 Å². The van der Waals surface area contributed by atoms with Crippen molar-refractivity contribution >= 4 is 21.7 Å². The zero-order chi connectivity index (χ0) is 11.8. The standard InChI is InChI=1S/C7H11N5O3S/c8-7-5(3-10-11-7)16(14,15)12-4-1-6(13)9-2-4/h3-4,12H,1-2H2,(H,9,13)(H3,8,10,11). The van der Waals surface area contributed by atoms with Gasteiger partial charge in [0, 0.05) is 19.0 Å². The van der Waals surface area contributed by atoms with E-state index in [0.717, 1.165) is 6.20 Å². The second-order valence-corrected chi connectivity index (χ2v) is 5.16. The summed E-state index contributed by atoms with van der Waals surface area (Å²) in [5.41, 5.74) is 5.41. The lowest BCUT2D eigenvalue weighted by Gasteiger charge is -2.09. The molecule has 5 N–H and O–H groups in total. The summed E-state index contributed by atoms with van der Waals surface area (Å²) in [4.78, 5) is 10.8. The number of sulfonamides is 1. The maximum atomic E-state index is 11.8. The molecule has 1 amide bonds. The van der Waals surface area contributed by atoms with Crippen LogP contribution in [0.1, 0.15) is 6.42 Å². The normalized spacial score (nSPS) is 21.0. The lowest BCUT2D eigenvalue weighted by molar-refractivity contribution is -0.119. The SMILES string of the molecule is Nc1[nH]ncc1S(=O)(=O)NC1CNC(=O)C1. The molecule has 1 aliphatic heterocycles. The Morgan fingerprint density at radius 2 is 2.31 bits per heavy atom. The second kappa shape index (κ2) is 3.76. The zero-order valence-electron chi connectivity index (χ0n) is 8.23. The third-order valence-electron chi connectivity index (χ3n) is 2.22. The number of aromatic amines is 1. The minimum absolute atomic E-state index is 0.0233. The molecule has 0 bridgehead atoms. The molecule has 1 aliphatic rings. The number of hydrogen-bond acceptors (Lipinski definition) is 5. The van der Waals surface area contributed by atoms with Gasteiger partial charge in [-0.2, -0.15) is 5.10 Å². The Bertz CT molecular complexity index is 508. The molecule has 0 spiro atoms. The number of aromatic nitrogens is 2. The lowest BCUT2D eigenvalue weighted by atomic mass is 10.3. The van der Waals surface area contributed by atoms with Crippen molar-refractivity contribution in [1.29, 1.82) is 0 Å². The third-order valence-corrected chi connectivity index (χ3v) is 3.77. The molecule has 0 aliphatic carbocycles. The Balaban J connectivity index is 2.15. The summed E-state index contributed by atoms with van der Waals surface area (Å²) in [6, 6.07) is -0.438. The van der Waals surface area contributed by atoms with Gasteiger partial charge in [-0.15, -0.1) is 0 Å². The molecule has 0 saturated carbocycles. The number of nitrogens with zero attached hydrogens (tertiary/aromatic N) is 1. The minimum Gasteiger partial charge on any atom is -0.383 e. The molecular formula is C7H11N5O3S. The quantitative estimate of drug-likeness (QED) is 0.497. The second-order valence-electron chi connectivity index (χ2n) is 3.47. The third kappa shape index (κ3) is 1.99. The summed E-state index contributed by atoms with van der Waals surface area (Å²) in [5.74, 6) is -0.197. The summed E-state index contributed by atoms with van der Waals surface area (Å²) < 4.78 is 26.0. The van der Waals surface area contributed by atoms with Gasteiger partial charge in [-0.1, -0.05) is 0 Å². The molecular weight excluding hydrogens is 234 g/mol. The highest BCUT2D eigenvalue weighted by atomic mass is 32.2. The van der Waals surface area contributed by atoms with Gasteiger partial charge in [-0.05, 0) is 0 Å². The minimum atomic E-state index is -3.72. The Hall–Kier alpha value is -1.61. The number of nitrogens with two attached hydrogens (primary N) is 1. The molecule has 16 heavy (non-hydrogen) atoms. The van der Waals surface area contributed by atoms with E-state index >= 15 is 0 Å². The maximum absolute atomic E-state index is 11.8. The van der Waals surface area contributed by atoms with E-state index in [1.807, 2.05) is 0 Å². The van der Waals surface area contributed by atoms with Gasteiger partial charge in [-0.3, -0.25) is 9.89 Å². The predicted octanol–water partition coefficient (Wildman–Crippen LogP) is -1.84. The molecule has 0 radical (unpaired) electrons. The van der Waals surface area contributed by atoms with Gasteiger partial charge in [-0.25, -0.2) is 13.1 Å². The molecule has 2 heterocycles. The van der Waals surface area contributed by atoms with Crippen LogP contribution in [-0.2, 0) is 14.8 Å². The van der Waals surface area contributed by atoms with E-state index in [2.05, 4.69) is 20.2 Å². The molecule has 1 unspecified atom stereocenters. The van der Waals surface area contributed by atoms with Crippen molar-refractivity contribution in [3.63, 3.8) is 0 Å². The number of nitrogens with one attached hydrogen (secondary N) is 3. The van der Waals surface area contributed by atoms with E-state index < -0.39 is 16.1 Å². The number of H-pyrrole nitrogens is 1. The van der Waals surface area contributed by atoms with Crippen LogP contribution in [0.25, 0.3) is 0 Å². The molecule has 1 atom stereocenters. The van der Waals surface area contributed by atoms with Crippen LogP contribution < -0.4 is 15.8 Å². The number of carbonyl (C=O) groups is 1. The number of rotatable bonds is 3. The van der Waals surface area contributed by atoms with E-state index in [9.17, 15) is 13.2 Å². The van der Waals surface area contributed by atoms with Crippen molar-refractivity contribution in [2.45, 2.75) is 17.4 Å². The average Bonchev–Trinajstić information content (AvgIpc) is 2.74. The smallest absolute Gasteiger partial charge is 0.246 e. The van der Waals surface area contributed by atoms with Crippen LogP contribution in [0.4, 0.5) is 5.82 Å². The van der Waals surface area contributed by atoms with Crippen molar-refractivity contribution < 1.29 is 13.2 Å². The summed E-state index contributed by atoms with van der Waals surface area (Å²) in [5, 5.41) is 8.39. The predicted molar refractivity (Wildman–Crippen MR) is 54.7 cm³/mol. The van der Waals surface area contributed by atoms with Crippen LogP contribution in [0.3, 0.4) is 0 Å².